The van der Waals surface area contributed by atoms with E-state index < -0.39 is 0 Å². The Morgan fingerprint density at radius 2 is 2.16 bits per heavy atom. The Morgan fingerprint density at radius 1 is 1.37 bits per heavy atom. The summed E-state index contributed by atoms with van der Waals surface area (Å²) in [6.07, 6.45) is 1.98. The van der Waals surface area contributed by atoms with E-state index >= 15 is 0 Å². The van der Waals surface area contributed by atoms with E-state index in [9.17, 15) is 4.79 Å². The first-order valence-corrected chi connectivity index (χ1v) is 6.46. The number of hydrogen-bond acceptors (Lipinski definition) is 4. The van der Waals surface area contributed by atoms with Crippen molar-refractivity contribution in [3.63, 3.8) is 0 Å². The monoisotopic (exact) mass is 264 g/mol. The predicted molar refractivity (Wildman–Crippen MR) is 72.4 cm³/mol. The third-order valence-electron chi connectivity index (χ3n) is 3.29. The number of carbonyl (C=O) groups excluding carboxylic acids is 1. The average Bonchev–Trinajstić information content (AvgIpc) is 2.98. The van der Waals surface area contributed by atoms with Crippen LogP contribution in [0.5, 0.6) is 11.5 Å². The van der Waals surface area contributed by atoms with Crippen LogP contribution in [0.3, 0.4) is 0 Å². The molecule has 0 aliphatic carbocycles. The Labute approximate surface area is 113 Å². The minimum Gasteiger partial charge on any atom is -0.493 e. The number of rotatable bonds is 5. The summed E-state index contributed by atoms with van der Waals surface area (Å²) in [5, 5.41) is 6.11. The van der Waals surface area contributed by atoms with Crippen molar-refractivity contribution in [1.29, 1.82) is 0 Å². The molecular formula is C14H20N2O3. The maximum Gasteiger partial charge on any atom is 0.237 e. The van der Waals surface area contributed by atoms with Gasteiger partial charge in [-0.1, -0.05) is 6.07 Å². The number of benzene rings is 1. The van der Waals surface area contributed by atoms with Crippen LogP contribution < -0.4 is 20.1 Å². The summed E-state index contributed by atoms with van der Waals surface area (Å²) in [7, 11) is 3.20. The molecule has 5 heteroatoms. The molecule has 0 aromatic heterocycles. The standard InChI is InChI=1S/C14H20N2O3/c1-18-12-6-5-10(8-13(12)19-2)9-16-14(17)11-4-3-7-15-11/h5-6,8,11,15H,3-4,7,9H2,1-2H3,(H,16,17)/t11-/m0/s1. The molecule has 0 radical (unpaired) electrons. The van der Waals surface area contributed by atoms with E-state index in [0.717, 1.165) is 24.9 Å². The number of ether oxygens (including phenoxy) is 2. The lowest BCUT2D eigenvalue weighted by atomic mass is 10.2. The summed E-state index contributed by atoms with van der Waals surface area (Å²) in [6, 6.07) is 5.60. The molecule has 0 spiro atoms. The molecule has 0 saturated carbocycles. The highest BCUT2D eigenvalue weighted by Gasteiger charge is 2.21. The first-order chi connectivity index (χ1) is 9.24. The normalized spacial score (nSPS) is 18.1. The molecule has 1 aliphatic heterocycles. The fourth-order valence-corrected chi connectivity index (χ4v) is 2.21. The van der Waals surface area contributed by atoms with Crippen molar-refractivity contribution >= 4 is 5.91 Å². The molecule has 1 saturated heterocycles. The highest BCUT2D eigenvalue weighted by molar-refractivity contribution is 5.82. The Kier molecular flexibility index (Phi) is 4.63. The summed E-state index contributed by atoms with van der Waals surface area (Å²) in [5.41, 5.74) is 0.990. The van der Waals surface area contributed by atoms with Crippen LogP contribution in [0.4, 0.5) is 0 Å². The van der Waals surface area contributed by atoms with Crippen molar-refractivity contribution in [2.45, 2.75) is 25.4 Å². The maximum absolute atomic E-state index is 11.9. The van der Waals surface area contributed by atoms with Crippen molar-refractivity contribution < 1.29 is 14.3 Å². The van der Waals surface area contributed by atoms with Crippen molar-refractivity contribution in [2.75, 3.05) is 20.8 Å². The molecule has 1 fully saturated rings. The van der Waals surface area contributed by atoms with Gasteiger partial charge in [0, 0.05) is 6.54 Å². The van der Waals surface area contributed by atoms with E-state index in [0.29, 0.717) is 18.0 Å². The van der Waals surface area contributed by atoms with Crippen molar-refractivity contribution in [2.24, 2.45) is 0 Å². The van der Waals surface area contributed by atoms with Crippen molar-refractivity contribution in [1.82, 2.24) is 10.6 Å². The highest BCUT2D eigenvalue weighted by atomic mass is 16.5. The zero-order chi connectivity index (χ0) is 13.7. The largest absolute Gasteiger partial charge is 0.493 e. The number of amides is 1. The Bertz CT molecular complexity index is 442. The van der Waals surface area contributed by atoms with Gasteiger partial charge in [-0.05, 0) is 37.1 Å². The maximum atomic E-state index is 11.9. The fourth-order valence-electron chi connectivity index (χ4n) is 2.21. The Balaban J connectivity index is 1.93. The molecule has 0 bridgehead atoms. The molecule has 1 atom stereocenters. The first kappa shape index (κ1) is 13.7. The van der Waals surface area contributed by atoms with Gasteiger partial charge in [-0.25, -0.2) is 0 Å². The second-order valence-electron chi connectivity index (χ2n) is 4.56. The minimum atomic E-state index is -0.0415. The molecule has 5 nitrogen and oxygen atoms in total. The van der Waals surface area contributed by atoms with Crippen LogP contribution in [0.25, 0.3) is 0 Å². The van der Waals surface area contributed by atoms with Crippen LogP contribution in [-0.4, -0.2) is 32.7 Å². The molecule has 104 valence electrons. The molecule has 0 unspecified atom stereocenters. The summed E-state index contributed by atoms with van der Waals surface area (Å²) < 4.78 is 10.4. The van der Waals surface area contributed by atoms with Gasteiger partial charge < -0.3 is 20.1 Å². The lowest BCUT2D eigenvalue weighted by molar-refractivity contribution is -0.122. The van der Waals surface area contributed by atoms with E-state index in [1.165, 1.54) is 0 Å². The SMILES string of the molecule is COc1ccc(CNC(=O)[C@@H]2CCCN2)cc1OC. The van der Waals surface area contributed by atoms with Crippen LogP contribution in [0.1, 0.15) is 18.4 Å². The van der Waals surface area contributed by atoms with Gasteiger partial charge in [0.2, 0.25) is 5.91 Å². The summed E-state index contributed by atoms with van der Waals surface area (Å²) in [4.78, 5) is 11.9. The van der Waals surface area contributed by atoms with Gasteiger partial charge in [0.1, 0.15) is 0 Å². The summed E-state index contributed by atoms with van der Waals surface area (Å²) >= 11 is 0. The van der Waals surface area contributed by atoms with Crippen LogP contribution >= 0.6 is 0 Å². The quantitative estimate of drug-likeness (QED) is 0.835. The number of carbonyl (C=O) groups is 1. The molecule has 2 rings (SSSR count). The molecular weight excluding hydrogens is 244 g/mol. The molecule has 1 aromatic carbocycles. The van der Waals surface area contributed by atoms with Gasteiger partial charge >= 0.3 is 0 Å². The number of methoxy groups -OCH3 is 2. The van der Waals surface area contributed by atoms with Crippen LogP contribution in [0, 0.1) is 0 Å². The summed E-state index contributed by atoms with van der Waals surface area (Å²) in [5.74, 6) is 1.43. The van der Waals surface area contributed by atoms with E-state index in [4.69, 9.17) is 9.47 Å². The van der Waals surface area contributed by atoms with Gasteiger partial charge in [0.15, 0.2) is 11.5 Å². The molecule has 1 heterocycles. The van der Waals surface area contributed by atoms with Gasteiger partial charge in [0.05, 0.1) is 20.3 Å². The summed E-state index contributed by atoms with van der Waals surface area (Å²) in [6.45, 7) is 1.42. The molecule has 19 heavy (non-hydrogen) atoms. The van der Waals surface area contributed by atoms with Gasteiger partial charge in [-0.3, -0.25) is 4.79 Å². The molecule has 2 N–H and O–H groups in total. The Morgan fingerprint density at radius 3 is 2.79 bits per heavy atom. The lowest BCUT2D eigenvalue weighted by Crippen LogP contribution is -2.39. The second-order valence-corrected chi connectivity index (χ2v) is 4.56. The van der Waals surface area contributed by atoms with E-state index in [1.807, 2.05) is 18.2 Å². The van der Waals surface area contributed by atoms with Gasteiger partial charge in [0.25, 0.3) is 0 Å². The topological polar surface area (TPSA) is 59.6 Å². The second kappa shape index (κ2) is 6.43. The zero-order valence-electron chi connectivity index (χ0n) is 11.4. The Hall–Kier alpha value is -1.75. The lowest BCUT2D eigenvalue weighted by Gasteiger charge is -2.12. The van der Waals surface area contributed by atoms with E-state index in [1.54, 1.807) is 14.2 Å². The van der Waals surface area contributed by atoms with E-state index in [-0.39, 0.29) is 11.9 Å². The zero-order valence-corrected chi connectivity index (χ0v) is 11.4. The predicted octanol–water partition coefficient (Wildman–Crippen LogP) is 1.07. The third-order valence-corrected chi connectivity index (χ3v) is 3.29. The van der Waals surface area contributed by atoms with E-state index in [2.05, 4.69) is 10.6 Å². The smallest absolute Gasteiger partial charge is 0.237 e. The molecule has 1 aromatic rings. The van der Waals surface area contributed by atoms with Crippen LogP contribution in [-0.2, 0) is 11.3 Å². The van der Waals surface area contributed by atoms with Crippen LogP contribution in [0.2, 0.25) is 0 Å². The van der Waals surface area contributed by atoms with Crippen molar-refractivity contribution in [3.8, 4) is 11.5 Å². The number of nitrogens with one attached hydrogen (secondary N) is 2. The molecule has 1 amide bonds. The highest BCUT2D eigenvalue weighted by Crippen LogP contribution is 2.27. The van der Waals surface area contributed by atoms with Gasteiger partial charge in [-0.2, -0.15) is 0 Å². The third kappa shape index (κ3) is 3.38. The average molecular weight is 264 g/mol. The fraction of sp³-hybridized carbons (Fsp3) is 0.500. The van der Waals surface area contributed by atoms with Crippen molar-refractivity contribution in [3.05, 3.63) is 23.8 Å². The van der Waals surface area contributed by atoms with Gasteiger partial charge in [-0.15, -0.1) is 0 Å². The first-order valence-electron chi connectivity index (χ1n) is 6.46. The molecule has 1 aliphatic rings. The minimum absolute atomic E-state index is 0.0415. The number of hydrogen-bond donors (Lipinski definition) is 2. The van der Waals surface area contributed by atoms with Crippen LogP contribution in [0.15, 0.2) is 18.2 Å².